The second kappa shape index (κ2) is 4.77. The van der Waals surface area contributed by atoms with Gasteiger partial charge in [-0.15, -0.1) is 0 Å². The van der Waals surface area contributed by atoms with E-state index in [1.54, 1.807) is 0 Å². The normalized spacial score (nSPS) is 8.57. The van der Waals surface area contributed by atoms with E-state index in [2.05, 4.69) is 0 Å². The van der Waals surface area contributed by atoms with Crippen LogP contribution in [0.2, 0.25) is 0 Å². The third-order valence-electron chi connectivity index (χ3n) is 0. The van der Waals surface area contributed by atoms with Gasteiger partial charge in [0.15, 0.2) is 0 Å². The molecule has 0 rings (SSSR count). The number of hydrogen-bond donors (Lipinski definition) is 1. The summed E-state index contributed by atoms with van der Waals surface area (Å²) in [5.74, 6) is 0. The molecule has 0 aromatic carbocycles. The predicted octanol–water partition coefficient (Wildman–Crippen LogP) is -0.0180. The van der Waals surface area contributed by atoms with Crippen LogP contribution >= 0.6 is 0 Å². The Morgan fingerprint density at radius 2 is 1.14 bits per heavy atom. The van der Waals surface area contributed by atoms with Crippen LogP contribution in [0.1, 0.15) is 20.8 Å². The van der Waals surface area contributed by atoms with Gasteiger partial charge in [-0.05, 0) is 20.8 Å². The zero-order valence-electron chi connectivity index (χ0n) is 5.65. The molecule has 0 aliphatic rings. The van der Waals surface area contributed by atoms with E-state index in [0.29, 0.717) is 0 Å². The van der Waals surface area contributed by atoms with E-state index in [-0.39, 0.29) is 32.8 Å². The molecule has 0 atom stereocenters. The van der Waals surface area contributed by atoms with E-state index in [9.17, 15) is 0 Å². The minimum Gasteiger partial charge on any atom is -0.326 e. The number of hydrogen-bond acceptors (Lipinski definition) is 1. The Hall–Kier alpha value is 0.622. The van der Waals surface area contributed by atoms with Gasteiger partial charge in [0.2, 0.25) is 0 Å². The van der Waals surface area contributed by atoms with Crippen LogP contribution < -0.4 is 5.73 Å². The van der Waals surface area contributed by atoms with Crippen molar-refractivity contribution < 1.29 is 0 Å². The molecule has 0 bridgehead atoms. The Morgan fingerprint density at radius 3 is 1.14 bits per heavy atom. The molecule has 0 aliphatic carbocycles. The van der Waals surface area contributed by atoms with Gasteiger partial charge < -0.3 is 5.73 Å². The Balaban J connectivity index is -0.0000000800. The van der Waals surface area contributed by atoms with Gasteiger partial charge in [0, 0.05) is 32.8 Å². The molecule has 0 aromatic rings. The first-order valence-corrected chi connectivity index (χ1v) is 1.79. The van der Waals surface area contributed by atoms with Crippen LogP contribution in [0.3, 0.4) is 0 Å². The van der Waals surface area contributed by atoms with Crippen LogP contribution in [-0.2, 0) is 0 Å². The molecule has 0 saturated heterocycles. The monoisotopic (exact) mass is 91.1 g/mol. The predicted molar refractivity (Wildman–Crippen MR) is 35.4 cm³/mol. The van der Waals surface area contributed by atoms with Crippen molar-refractivity contribution in [3.8, 4) is 0 Å². The van der Waals surface area contributed by atoms with Crippen molar-refractivity contribution >= 4 is 27.3 Å². The summed E-state index contributed by atoms with van der Waals surface area (Å²) in [7, 11) is 0. The van der Waals surface area contributed by atoms with Crippen LogP contribution in [-0.4, -0.2) is 32.8 Å². The van der Waals surface area contributed by atoms with Crippen molar-refractivity contribution in [2.24, 2.45) is 5.73 Å². The van der Waals surface area contributed by atoms with E-state index >= 15 is 0 Å². The van der Waals surface area contributed by atoms with Gasteiger partial charge in [-0.2, -0.15) is 0 Å². The van der Waals surface area contributed by atoms with Gasteiger partial charge in [-0.25, -0.2) is 0 Å². The molecule has 0 amide bonds. The van der Waals surface area contributed by atoms with Gasteiger partial charge in [-0.1, -0.05) is 0 Å². The van der Waals surface area contributed by atoms with E-state index < -0.39 is 0 Å². The molecule has 2 N–H and O–H groups in total. The van der Waals surface area contributed by atoms with Crippen LogP contribution in [0.4, 0.5) is 0 Å². The Labute approximate surface area is 59.8 Å². The molecule has 7 heavy (non-hydrogen) atoms. The van der Waals surface area contributed by atoms with Gasteiger partial charge in [0.1, 0.15) is 0 Å². The third-order valence-corrected chi connectivity index (χ3v) is 0. The molecular weight excluding hydrogens is 79.8 g/mol. The first-order valence-electron chi connectivity index (χ1n) is 1.79. The SMILES string of the molecule is CC(C)(C)N.[B].[Li]. The van der Waals surface area contributed by atoms with Crippen molar-refractivity contribution in [3.63, 3.8) is 0 Å². The smallest absolute Gasteiger partial charge is 0.00686 e. The fourth-order valence-electron chi connectivity index (χ4n) is 0. The molecule has 4 radical (unpaired) electrons. The second-order valence-electron chi connectivity index (χ2n) is 2.37. The van der Waals surface area contributed by atoms with Crippen molar-refractivity contribution in [2.45, 2.75) is 26.3 Å². The summed E-state index contributed by atoms with van der Waals surface area (Å²) in [6, 6.07) is 0. The quantitative estimate of drug-likeness (QED) is 0.416. The summed E-state index contributed by atoms with van der Waals surface area (Å²) in [6.45, 7) is 5.90. The first kappa shape index (κ1) is 15.6. The summed E-state index contributed by atoms with van der Waals surface area (Å²) in [6.07, 6.45) is 0. The van der Waals surface area contributed by atoms with Crippen molar-refractivity contribution in [1.82, 2.24) is 0 Å². The maximum atomic E-state index is 5.35. The Kier molecular flexibility index (Phi) is 10.7. The summed E-state index contributed by atoms with van der Waals surface area (Å²) in [5.41, 5.74) is 5.35. The van der Waals surface area contributed by atoms with Crippen LogP contribution in [0.15, 0.2) is 0 Å². The molecule has 0 spiro atoms. The number of nitrogens with two attached hydrogens (primary N) is 1. The molecule has 3 heteroatoms. The second-order valence-corrected chi connectivity index (χ2v) is 2.37. The molecule has 0 heterocycles. The van der Waals surface area contributed by atoms with Gasteiger partial charge in [0.05, 0.1) is 0 Å². The topological polar surface area (TPSA) is 26.0 Å². The minimum atomic E-state index is 0. The van der Waals surface area contributed by atoms with Crippen molar-refractivity contribution in [1.29, 1.82) is 0 Å². The summed E-state index contributed by atoms with van der Waals surface area (Å²) >= 11 is 0. The molecular formula is C4H11BLiN. The minimum absolute atomic E-state index is 0. The van der Waals surface area contributed by atoms with Gasteiger partial charge >= 0.3 is 0 Å². The summed E-state index contributed by atoms with van der Waals surface area (Å²) < 4.78 is 0. The summed E-state index contributed by atoms with van der Waals surface area (Å²) in [5, 5.41) is 0. The zero-order chi connectivity index (χ0) is 4.50. The van der Waals surface area contributed by atoms with Gasteiger partial charge in [-0.3, -0.25) is 0 Å². The van der Waals surface area contributed by atoms with E-state index in [1.165, 1.54) is 0 Å². The molecule has 0 aromatic heterocycles. The van der Waals surface area contributed by atoms with Gasteiger partial charge in [0.25, 0.3) is 0 Å². The van der Waals surface area contributed by atoms with E-state index in [0.717, 1.165) is 0 Å². The average Bonchev–Trinajstić information content (AvgIpc) is 0.722. The maximum Gasteiger partial charge on any atom is 0.00686 e. The Bertz CT molecular complexity index is 27.2. The third kappa shape index (κ3) is 365. The van der Waals surface area contributed by atoms with Crippen molar-refractivity contribution in [2.75, 3.05) is 0 Å². The molecule has 1 nitrogen and oxygen atoms in total. The van der Waals surface area contributed by atoms with E-state index in [1.807, 2.05) is 20.8 Å². The maximum absolute atomic E-state index is 5.35. The van der Waals surface area contributed by atoms with Crippen molar-refractivity contribution in [3.05, 3.63) is 0 Å². The van der Waals surface area contributed by atoms with Crippen LogP contribution in [0, 0.1) is 0 Å². The summed E-state index contributed by atoms with van der Waals surface area (Å²) in [4.78, 5) is 0. The molecule has 0 fully saturated rings. The molecule has 0 aliphatic heterocycles. The number of rotatable bonds is 0. The van der Waals surface area contributed by atoms with E-state index in [4.69, 9.17) is 5.73 Å². The first-order chi connectivity index (χ1) is 2.00. The Morgan fingerprint density at radius 1 is 1.14 bits per heavy atom. The van der Waals surface area contributed by atoms with Crippen LogP contribution in [0.5, 0.6) is 0 Å². The fourth-order valence-corrected chi connectivity index (χ4v) is 0. The molecule has 0 saturated carbocycles. The molecule has 36 valence electrons. The standard InChI is InChI=1S/C4H11N.B.Li/c1-4(2,3)5;;/h5H2,1-3H3;;. The van der Waals surface area contributed by atoms with Crippen LogP contribution in [0.25, 0.3) is 0 Å². The fraction of sp³-hybridized carbons (Fsp3) is 1.00. The zero-order valence-corrected chi connectivity index (χ0v) is 5.65. The molecule has 0 unspecified atom stereocenters. The largest absolute Gasteiger partial charge is 0.326 e. The average molecular weight is 90.9 g/mol.